The summed E-state index contributed by atoms with van der Waals surface area (Å²) in [6, 6.07) is 12.4. The molecular formula is C23H22NO6-. The van der Waals surface area contributed by atoms with E-state index in [1.54, 1.807) is 24.3 Å². The summed E-state index contributed by atoms with van der Waals surface area (Å²) < 4.78 is 10.9. The average Bonchev–Trinajstić information content (AvgIpc) is 2.76. The Kier molecular flexibility index (Phi) is 5.70. The number of fused-ring (bicyclic) bond motifs is 3. The topological polar surface area (TPSA) is 109 Å². The summed E-state index contributed by atoms with van der Waals surface area (Å²) in [4.78, 5) is 35.2. The van der Waals surface area contributed by atoms with Crippen LogP contribution in [0.1, 0.15) is 25.7 Å². The Bertz CT molecular complexity index is 1140. The van der Waals surface area contributed by atoms with Crippen molar-refractivity contribution < 1.29 is 23.8 Å². The first kappa shape index (κ1) is 19.9. The van der Waals surface area contributed by atoms with Crippen LogP contribution < -0.4 is 20.8 Å². The summed E-state index contributed by atoms with van der Waals surface area (Å²) in [6.07, 6.45) is 2.71. The SMILES string of the molecule is O=C(COc1ccc2c(c1)oc(=O)c1ccccc12)NCC1CCC(C(=O)[O-])CC1. The molecule has 1 aliphatic carbocycles. The fourth-order valence-corrected chi connectivity index (χ4v) is 4.01. The van der Waals surface area contributed by atoms with E-state index >= 15 is 0 Å². The number of benzene rings is 2. The summed E-state index contributed by atoms with van der Waals surface area (Å²) in [5.74, 6) is -0.897. The lowest BCUT2D eigenvalue weighted by Gasteiger charge is -2.29. The Morgan fingerprint density at radius 3 is 2.50 bits per heavy atom. The minimum atomic E-state index is -0.981. The van der Waals surface area contributed by atoms with Crippen molar-refractivity contribution in [2.45, 2.75) is 25.7 Å². The van der Waals surface area contributed by atoms with Crippen molar-refractivity contribution in [3.05, 3.63) is 52.9 Å². The summed E-state index contributed by atoms with van der Waals surface area (Å²) in [5, 5.41) is 15.9. The van der Waals surface area contributed by atoms with E-state index in [4.69, 9.17) is 9.15 Å². The molecule has 2 aromatic carbocycles. The van der Waals surface area contributed by atoms with Gasteiger partial charge in [0.15, 0.2) is 6.61 Å². The van der Waals surface area contributed by atoms with Crippen LogP contribution >= 0.6 is 0 Å². The molecule has 0 radical (unpaired) electrons. The molecule has 7 nitrogen and oxygen atoms in total. The average molecular weight is 408 g/mol. The van der Waals surface area contributed by atoms with E-state index in [1.165, 1.54) is 0 Å². The lowest BCUT2D eigenvalue weighted by atomic mass is 9.82. The Morgan fingerprint density at radius 2 is 1.77 bits per heavy atom. The van der Waals surface area contributed by atoms with Gasteiger partial charge in [-0.3, -0.25) is 4.79 Å². The maximum Gasteiger partial charge on any atom is 0.344 e. The van der Waals surface area contributed by atoms with Crippen LogP contribution in [0.2, 0.25) is 0 Å². The number of carbonyl (C=O) groups is 2. The van der Waals surface area contributed by atoms with Crippen molar-refractivity contribution in [3.8, 4) is 5.75 Å². The van der Waals surface area contributed by atoms with E-state index in [-0.39, 0.29) is 24.3 Å². The highest BCUT2D eigenvalue weighted by molar-refractivity contribution is 6.04. The molecule has 0 bridgehead atoms. The van der Waals surface area contributed by atoms with Gasteiger partial charge in [-0.1, -0.05) is 18.2 Å². The van der Waals surface area contributed by atoms with Gasteiger partial charge in [0.1, 0.15) is 11.3 Å². The molecule has 3 aromatic rings. The van der Waals surface area contributed by atoms with Crippen molar-refractivity contribution >= 4 is 33.6 Å². The van der Waals surface area contributed by atoms with Gasteiger partial charge in [0.05, 0.1) is 5.39 Å². The fourth-order valence-electron chi connectivity index (χ4n) is 4.01. The van der Waals surface area contributed by atoms with Gasteiger partial charge in [0.25, 0.3) is 5.91 Å². The van der Waals surface area contributed by atoms with Crippen LogP contribution in [-0.4, -0.2) is 25.0 Å². The normalized spacial score (nSPS) is 18.9. The third-order valence-electron chi connectivity index (χ3n) is 5.73. The van der Waals surface area contributed by atoms with Gasteiger partial charge < -0.3 is 24.4 Å². The number of carboxylic acids is 1. The first-order valence-corrected chi connectivity index (χ1v) is 10.1. The molecule has 7 heteroatoms. The number of hydrogen-bond acceptors (Lipinski definition) is 6. The zero-order valence-electron chi connectivity index (χ0n) is 16.4. The molecule has 1 aromatic heterocycles. The third-order valence-corrected chi connectivity index (χ3v) is 5.73. The molecule has 0 saturated heterocycles. The molecule has 1 amide bonds. The van der Waals surface area contributed by atoms with Gasteiger partial charge in [-0.2, -0.15) is 0 Å². The predicted octanol–water partition coefficient (Wildman–Crippen LogP) is 2.00. The van der Waals surface area contributed by atoms with Gasteiger partial charge in [0, 0.05) is 24.0 Å². The van der Waals surface area contributed by atoms with Crippen LogP contribution in [0.4, 0.5) is 0 Å². The molecule has 0 spiro atoms. The fraction of sp³-hybridized carbons (Fsp3) is 0.348. The number of hydrogen-bond donors (Lipinski definition) is 1. The second-order valence-corrected chi connectivity index (χ2v) is 7.72. The monoisotopic (exact) mass is 408 g/mol. The number of rotatable bonds is 6. The van der Waals surface area contributed by atoms with Gasteiger partial charge in [-0.25, -0.2) is 4.79 Å². The summed E-state index contributed by atoms with van der Waals surface area (Å²) >= 11 is 0. The molecule has 1 heterocycles. The first-order chi connectivity index (χ1) is 14.5. The Morgan fingerprint density at radius 1 is 1.03 bits per heavy atom. The molecular weight excluding hydrogens is 386 g/mol. The predicted molar refractivity (Wildman–Crippen MR) is 109 cm³/mol. The Labute approximate surface area is 172 Å². The van der Waals surface area contributed by atoms with Crippen molar-refractivity contribution in [1.29, 1.82) is 0 Å². The van der Waals surface area contributed by atoms with E-state index in [0.717, 1.165) is 23.6 Å². The number of carboxylic acid groups (broad SMARTS) is 1. The van der Waals surface area contributed by atoms with E-state index in [9.17, 15) is 19.5 Å². The van der Waals surface area contributed by atoms with E-state index < -0.39 is 11.6 Å². The van der Waals surface area contributed by atoms with Crippen LogP contribution in [0.25, 0.3) is 21.7 Å². The first-order valence-electron chi connectivity index (χ1n) is 10.1. The van der Waals surface area contributed by atoms with Crippen LogP contribution in [0, 0.1) is 11.8 Å². The number of aliphatic carboxylic acids is 1. The second kappa shape index (κ2) is 8.57. The van der Waals surface area contributed by atoms with Crippen molar-refractivity contribution in [3.63, 3.8) is 0 Å². The molecule has 1 saturated carbocycles. The molecule has 0 atom stereocenters. The lowest BCUT2D eigenvalue weighted by Crippen LogP contribution is -2.37. The molecule has 0 unspecified atom stereocenters. The molecule has 1 fully saturated rings. The standard InChI is InChI=1S/C23H23NO6/c25-21(24-12-14-5-7-15(8-6-14)22(26)27)13-29-16-9-10-18-17-3-1-2-4-19(17)23(28)30-20(18)11-16/h1-4,9-11,14-15H,5-8,12-13H2,(H,24,25)(H,26,27)/p-1. The highest BCUT2D eigenvalue weighted by atomic mass is 16.5. The minimum absolute atomic E-state index is 0.155. The maximum atomic E-state index is 12.2. The van der Waals surface area contributed by atoms with Gasteiger partial charge >= 0.3 is 5.63 Å². The van der Waals surface area contributed by atoms with E-state index in [0.29, 0.717) is 36.1 Å². The molecule has 1 aliphatic rings. The number of ether oxygens (including phenoxy) is 1. The largest absolute Gasteiger partial charge is 0.550 e. The highest BCUT2D eigenvalue weighted by Gasteiger charge is 2.22. The smallest absolute Gasteiger partial charge is 0.344 e. The lowest BCUT2D eigenvalue weighted by molar-refractivity contribution is -0.312. The van der Waals surface area contributed by atoms with Crippen molar-refractivity contribution in [2.75, 3.05) is 13.2 Å². The molecule has 30 heavy (non-hydrogen) atoms. The van der Waals surface area contributed by atoms with Crippen LogP contribution in [-0.2, 0) is 9.59 Å². The summed E-state index contributed by atoms with van der Waals surface area (Å²) in [6.45, 7) is 0.345. The van der Waals surface area contributed by atoms with Crippen LogP contribution in [0.15, 0.2) is 51.7 Å². The van der Waals surface area contributed by atoms with E-state index in [2.05, 4.69) is 5.32 Å². The van der Waals surface area contributed by atoms with Crippen molar-refractivity contribution in [2.24, 2.45) is 11.8 Å². The number of carbonyl (C=O) groups excluding carboxylic acids is 2. The third kappa shape index (κ3) is 4.30. The van der Waals surface area contributed by atoms with Crippen molar-refractivity contribution in [1.82, 2.24) is 5.32 Å². The zero-order chi connectivity index (χ0) is 21.1. The van der Waals surface area contributed by atoms with Gasteiger partial charge in [0.2, 0.25) is 0 Å². The highest BCUT2D eigenvalue weighted by Crippen LogP contribution is 2.28. The number of nitrogens with one attached hydrogen (secondary N) is 1. The molecule has 4 rings (SSSR count). The van der Waals surface area contributed by atoms with Gasteiger partial charge in [-0.15, -0.1) is 0 Å². The van der Waals surface area contributed by atoms with Crippen LogP contribution in [0.5, 0.6) is 5.75 Å². The zero-order valence-corrected chi connectivity index (χ0v) is 16.4. The molecule has 156 valence electrons. The second-order valence-electron chi connectivity index (χ2n) is 7.72. The number of amides is 1. The Hall–Kier alpha value is -3.35. The summed E-state index contributed by atoms with van der Waals surface area (Å²) in [5.41, 5.74) is -0.0114. The minimum Gasteiger partial charge on any atom is -0.550 e. The van der Waals surface area contributed by atoms with Gasteiger partial charge in [-0.05, 0) is 61.1 Å². The summed E-state index contributed by atoms with van der Waals surface area (Å²) in [7, 11) is 0. The maximum absolute atomic E-state index is 12.2. The molecule has 1 N–H and O–H groups in total. The quantitative estimate of drug-likeness (QED) is 0.494. The van der Waals surface area contributed by atoms with Crippen LogP contribution in [0.3, 0.4) is 0 Å². The Balaban J connectivity index is 1.33. The van der Waals surface area contributed by atoms with E-state index in [1.807, 2.05) is 18.2 Å². The molecule has 0 aliphatic heterocycles.